The largest absolute Gasteiger partial charge is 0.351 e. The molecule has 0 heterocycles. The number of carbonyl (C=O) groups is 1. The molecule has 0 aromatic heterocycles. The molecule has 0 atom stereocenters. The molecular weight excluding hydrogens is 220 g/mol. The van der Waals surface area contributed by atoms with Gasteiger partial charge in [-0.3, -0.25) is 4.55 Å². The molecule has 0 saturated carbocycles. The van der Waals surface area contributed by atoms with Gasteiger partial charge in [0.25, 0.3) is 10.1 Å². The SMILES string of the molecule is Cc1cc(NC(N)=O)ccc1S(=O)(=O)O. The smallest absolute Gasteiger partial charge is 0.316 e. The summed E-state index contributed by atoms with van der Waals surface area (Å²) in [6.07, 6.45) is 0. The van der Waals surface area contributed by atoms with E-state index in [2.05, 4.69) is 5.32 Å². The van der Waals surface area contributed by atoms with Crippen molar-refractivity contribution in [3.8, 4) is 0 Å². The first-order valence-corrected chi connectivity index (χ1v) is 5.39. The maximum absolute atomic E-state index is 10.8. The zero-order valence-corrected chi connectivity index (χ0v) is 8.71. The van der Waals surface area contributed by atoms with E-state index in [4.69, 9.17) is 10.3 Å². The summed E-state index contributed by atoms with van der Waals surface area (Å²) in [5.41, 5.74) is 5.57. The highest BCUT2D eigenvalue weighted by molar-refractivity contribution is 7.85. The van der Waals surface area contributed by atoms with E-state index in [1.165, 1.54) is 25.1 Å². The van der Waals surface area contributed by atoms with E-state index in [1.54, 1.807) is 0 Å². The van der Waals surface area contributed by atoms with Gasteiger partial charge in [-0.1, -0.05) is 0 Å². The Bertz CT molecular complexity index is 495. The normalized spacial score (nSPS) is 11.1. The number of benzene rings is 1. The van der Waals surface area contributed by atoms with E-state index in [0.29, 0.717) is 11.3 Å². The van der Waals surface area contributed by atoms with Crippen molar-refractivity contribution in [3.05, 3.63) is 23.8 Å². The van der Waals surface area contributed by atoms with Crippen LogP contribution < -0.4 is 11.1 Å². The summed E-state index contributed by atoms with van der Waals surface area (Å²) in [4.78, 5) is 10.3. The van der Waals surface area contributed by atoms with Gasteiger partial charge in [0.2, 0.25) is 0 Å². The average Bonchev–Trinajstić information content (AvgIpc) is 1.99. The van der Waals surface area contributed by atoms with Crippen LogP contribution >= 0.6 is 0 Å². The summed E-state index contributed by atoms with van der Waals surface area (Å²) in [5.74, 6) is 0. The van der Waals surface area contributed by atoms with E-state index in [9.17, 15) is 13.2 Å². The molecule has 0 fully saturated rings. The molecule has 6 nitrogen and oxygen atoms in total. The predicted octanol–water partition coefficient (Wildman–Crippen LogP) is 0.732. The number of rotatable bonds is 2. The maximum Gasteiger partial charge on any atom is 0.316 e. The number of primary amides is 1. The van der Waals surface area contributed by atoms with E-state index >= 15 is 0 Å². The number of urea groups is 1. The number of hydrogen-bond acceptors (Lipinski definition) is 3. The first-order chi connectivity index (χ1) is 6.80. The lowest BCUT2D eigenvalue weighted by molar-refractivity contribution is 0.259. The average molecular weight is 230 g/mol. The molecule has 7 heteroatoms. The number of hydrogen-bond donors (Lipinski definition) is 3. The third-order valence-electron chi connectivity index (χ3n) is 1.72. The van der Waals surface area contributed by atoms with Crippen molar-refractivity contribution in [2.45, 2.75) is 11.8 Å². The molecule has 0 spiro atoms. The summed E-state index contributed by atoms with van der Waals surface area (Å²) >= 11 is 0. The molecule has 0 saturated heterocycles. The summed E-state index contributed by atoms with van der Waals surface area (Å²) in [5, 5.41) is 2.29. The Hall–Kier alpha value is -1.60. The summed E-state index contributed by atoms with van der Waals surface area (Å²) < 4.78 is 30.5. The molecule has 1 rings (SSSR count). The van der Waals surface area contributed by atoms with Crippen LogP contribution in [0.2, 0.25) is 0 Å². The molecule has 0 bridgehead atoms. The van der Waals surface area contributed by atoms with Crippen LogP contribution in [-0.2, 0) is 10.1 Å². The zero-order chi connectivity index (χ0) is 11.6. The molecule has 2 amide bonds. The topological polar surface area (TPSA) is 109 Å². The molecule has 0 aliphatic rings. The molecule has 0 unspecified atom stereocenters. The van der Waals surface area contributed by atoms with Crippen molar-refractivity contribution >= 4 is 21.8 Å². The van der Waals surface area contributed by atoms with Crippen LogP contribution in [0.3, 0.4) is 0 Å². The minimum atomic E-state index is -4.22. The second-order valence-electron chi connectivity index (χ2n) is 2.94. The van der Waals surface area contributed by atoms with Crippen molar-refractivity contribution in [2.24, 2.45) is 5.73 Å². The number of amides is 2. The van der Waals surface area contributed by atoms with Gasteiger partial charge < -0.3 is 11.1 Å². The van der Waals surface area contributed by atoms with Gasteiger partial charge >= 0.3 is 6.03 Å². The van der Waals surface area contributed by atoms with Crippen LogP contribution in [-0.4, -0.2) is 19.0 Å². The zero-order valence-electron chi connectivity index (χ0n) is 7.89. The van der Waals surface area contributed by atoms with Crippen LogP contribution in [0.4, 0.5) is 10.5 Å². The van der Waals surface area contributed by atoms with Gasteiger partial charge in [-0.25, -0.2) is 4.79 Å². The quantitative estimate of drug-likeness (QED) is 0.650. The van der Waals surface area contributed by atoms with Gasteiger partial charge in [0, 0.05) is 5.69 Å². The lowest BCUT2D eigenvalue weighted by Gasteiger charge is -2.05. The predicted molar refractivity (Wildman–Crippen MR) is 54.2 cm³/mol. The van der Waals surface area contributed by atoms with Gasteiger partial charge in [-0.05, 0) is 30.7 Å². The minimum Gasteiger partial charge on any atom is -0.351 e. The Balaban J connectivity index is 3.15. The molecule has 0 aliphatic carbocycles. The summed E-state index contributed by atoms with van der Waals surface area (Å²) in [6.45, 7) is 1.50. The Labute approximate surface area is 86.8 Å². The summed E-state index contributed by atoms with van der Waals surface area (Å²) in [6, 6.07) is 3.18. The van der Waals surface area contributed by atoms with E-state index < -0.39 is 16.1 Å². The van der Waals surface area contributed by atoms with Gasteiger partial charge in [-0.2, -0.15) is 8.42 Å². The van der Waals surface area contributed by atoms with Gasteiger partial charge in [0.15, 0.2) is 0 Å². The Morgan fingerprint density at radius 3 is 2.47 bits per heavy atom. The fourth-order valence-electron chi connectivity index (χ4n) is 1.16. The Morgan fingerprint density at radius 2 is 2.07 bits per heavy atom. The van der Waals surface area contributed by atoms with Gasteiger partial charge in [0.1, 0.15) is 0 Å². The van der Waals surface area contributed by atoms with Crippen molar-refractivity contribution < 1.29 is 17.8 Å². The third kappa shape index (κ3) is 2.93. The highest BCUT2D eigenvalue weighted by Crippen LogP contribution is 2.19. The van der Waals surface area contributed by atoms with Crippen molar-refractivity contribution in [1.82, 2.24) is 0 Å². The molecule has 1 aromatic rings. The van der Waals surface area contributed by atoms with Crippen LogP contribution in [0.25, 0.3) is 0 Å². The fourth-order valence-corrected chi connectivity index (χ4v) is 1.86. The maximum atomic E-state index is 10.8. The minimum absolute atomic E-state index is 0.197. The van der Waals surface area contributed by atoms with Crippen molar-refractivity contribution in [3.63, 3.8) is 0 Å². The van der Waals surface area contributed by atoms with Gasteiger partial charge in [0.05, 0.1) is 4.90 Å². The van der Waals surface area contributed by atoms with Crippen LogP contribution in [0, 0.1) is 6.92 Å². The van der Waals surface area contributed by atoms with Crippen molar-refractivity contribution in [2.75, 3.05) is 5.32 Å². The number of aryl methyl sites for hydroxylation is 1. The number of nitrogens with two attached hydrogens (primary N) is 1. The first-order valence-electron chi connectivity index (χ1n) is 3.95. The van der Waals surface area contributed by atoms with E-state index in [1.807, 2.05) is 0 Å². The number of carbonyl (C=O) groups excluding carboxylic acids is 1. The molecule has 0 aliphatic heterocycles. The Morgan fingerprint density at radius 1 is 1.47 bits per heavy atom. The lowest BCUT2D eigenvalue weighted by Crippen LogP contribution is -2.19. The molecule has 15 heavy (non-hydrogen) atoms. The van der Waals surface area contributed by atoms with Gasteiger partial charge in [-0.15, -0.1) is 0 Å². The first kappa shape index (κ1) is 11.5. The number of anilines is 1. The number of nitrogens with one attached hydrogen (secondary N) is 1. The molecule has 82 valence electrons. The highest BCUT2D eigenvalue weighted by atomic mass is 32.2. The molecule has 0 radical (unpaired) electrons. The van der Waals surface area contributed by atoms with Crippen molar-refractivity contribution in [1.29, 1.82) is 0 Å². The van der Waals surface area contributed by atoms with Crippen LogP contribution in [0.5, 0.6) is 0 Å². The summed E-state index contributed by atoms with van der Waals surface area (Å²) in [7, 11) is -4.22. The lowest BCUT2D eigenvalue weighted by atomic mass is 10.2. The van der Waals surface area contributed by atoms with Crippen LogP contribution in [0.1, 0.15) is 5.56 Å². The molecule has 4 N–H and O–H groups in total. The van der Waals surface area contributed by atoms with E-state index in [0.717, 1.165) is 0 Å². The van der Waals surface area contributed by atoms with Crippen LogP contribution in [0.15, 0.2) is 23.1 Å². The molecular formula is C8H10N2O4S. The second-order valence-corrected chi connectivity index (χ2v) is 4.33. The molecule has 1 aromatic carbocycles. The van der Waals surface area contributed by atoms with E-state index in [-0.39, 0.29) is 4.90 Å². The third-order valence-corrected chi connectivity index (χ3v) is 2.73. The standard InChI is InChI=1S/C8H10N2O4S/c1-5-4-6(10-8(9)11)2-3-7(5)15(12,13)14/h2-4H,1H3,(H3,9,10,11)(H,12,13,14). The monoisotopic (exact) mass is 230 g/mol. The fraction of sp³-hybridized carbons (Fsp3) is 0.125. The highest BCUT2D eigenvalue weighted by Gasteiger charge is 2.13. The second kappa shape index (κ2) is 3.87. The Kier molecular flexibility index (Phi) is 2.96.